The van der Waals surface area contributed by atoms with Crippen LogP contribution in [0.25, 0.3) is 0 Å². The Bertz CT molecular complexity index is 1160. The highest BCUT2D eigenvalue weighted by Gasteiger charge is 2.19. The molecule has 3 aromatic carbocycles. The first-order chi connectivity index (χ1) is 14.3. The van der Waals surface area contributed by atoms with Gasteiger partial charge in [-0.15, -0.1) is 0 Å². The van der Waals surface area contributed by atoms with Crippen LogP contribution in [0.2, 0.25) is 0 Å². The Morgan fingerprint density at radius 3 is 2.27 bits per heavy atom. The van der Waals surface area contributed by atoms with E-state index >= 15 is 0 Å². The van der Waals surface area contributed by atoms with Crippen LogP contribution >= 0.6 is 0 Å². The number of ether oxygens (including phenoxy) is 2. The third-order valence-electron chi connectivity index (χ3n) is 4.19. The summed E-state index contributed by atoms with van der Waals surface area (Å²) in [6, 6.07) is 15.8. The number of hydrogen-bond donors (Lipinski definition) is 2. The Labute approximate surface area is 173 Å². The molecule has 1 amide bonds. The highest BCUT2D eigenvalue weighted by Crippen LogP contribution is 2.29. The van der Waals surface area contributed by atoms with Crippen molar-refractivity contribution in [3.05, 3.63) is 78.1 Å². The molecule has 0 aromatic heterocycles. The maximum atomic E-state index is 13.9. The number of anilines is 2. The third kappa shape index (κ3) is 4.69. The Hall–Kier alpha value is -3.59. The summed E-state index contributed by atoms with van der Waals surface area (Å²) in [5.41, 5.74) is 0.246. The van der Waals surface area contributed by atoms with Crippen molar-refractivity contribution in [2.24, 2.45) is 0 Å². The number of nitrogens with one attached hydrogen (secondary N) is 2. The fraction of sp³-hybridized carbons (Fsp3) is 0.0952. The van der Waals surface area contributed by atoms with Crippen LogP contribution in [0.4, 0.5) is 15.8 Å². The number of amides is 1. The van der Waals surface area contributed by atoms with Crippen molar-refractivity contribution in [2.75, 3.05) is 24.3 Å². The van der Waals surface area contributed by atoms with Gasteiger partial charge in [-0.3, -0.25) is 9.52 Å². The molecule has 0 unspecified atom stereocenters. The van der Waals surface area contributed by atoms with Gasteiger partial charge in [0.1, 0.15) is 17.3 Å². The largest absolute Gasteiger partial charge is 0.497 e. The number of carbonyl (C=O) groups is 1. The van der Waals surface area contributed by atoms with Gasteiger partial charge in [0.05, 0.1) is 30.4 Å². The SMILES string of the molecule is COc1ccc(NS(=O)(=O)c2ccc(OC)c(NC(=O)c3ccccc3F)c2)cc1. The number of carbonyl (C=O) groups excluding carboxylic acids is 1. The van der Waals surface area contributed by atoms with Crippen LogP contribution in [0.3, 0.4) is 0 Å². The van der Waals surface area contributed by atoms with Gasteiger partial charge in [0.25, 0.3) is 15.9 Å². The Morgan fingerprint density at radius 1 is 0.933 bits per heavy atom. The zero-order valence-electron chi connectivity index (χ0n) is 16.2. The maximum Gasteiger partial charge on any atom is 0.261 e. The summed E-state index contributed by atoms with van der Waals surface area (Å²) in [6.45, 7) is 0. The maximum absolute atomic E-state index is 13.9. The van der Waals surface area contributed by atoms with Crippen LogP contribution in [0, 0.1) is 5.82 Å². The molecule has 9 heteroatoms. The molecule has 0 heterocycles. The van der Waals surface area contributed by atoms with Crippen LogP contribution in [0.15, 0.2) is 71.6 Å². The molecule has 30 heavy (non-hydrogen) atoms. The van der Waals surface area contributed by atoms with Crippen LogP contribution in [-0.2, 0) is 10.0 Å². The highest BCUT2D eigenvalue weighted by molar-refractivity contribution is 7.92. The first-order valence-electron chi connectivity index (χ1n) is 8.75. The summed E-state index contributed by atoms with van der Waals surface area (Å²) >= 11 is 0. The molecule has 0 radical (unpaired) electrons. The second kappa shape index (κ2) is 8.83. The Morgan fingerprint density at radius 2 is 1.63 bits per heavy atom. The number of hydrogen-bond acceptors (Lipinski definition) is 5. The molecule has 0 spiro atoms. The molecule has 3 aromatic rings. The summed E-state index contributed by atoms with van der Waals surface area (Å²) < 4.78 is 52.1. The molecule has 2 N–H and O–H groups in total. The molecule has 0 fully saturated rings. The first kappa shape index (κ1) is 21.1. The van der Waals surface area contributed by atoms with Crippen molar-refractivity contribution in [3.8, 4) is 11.5 Å². The van der Waals surface area contributed by atoms with Gasteiger partial charge in [-0.2, -0.15) is 0 Å². The molecule has 0 aliphatic heterocycles. The summed E-state index contributed by atoms with van der Waals surface area (Å²) in [5, 5.41) is 2.50. The fourth-order valence-electron chi connectivity index (χ4n) is 2.66. The van der Waals surface area contributed by atoms with E-state index in [2.05, 4.69) is 10.0 Å². The fourth-order valence-corrected chi connectivity index (χ4v) is 3.74. The van der Waals surface area contributed by atoms with Gasteiger partial charge in [-0.05, 0) is 54.6 Å². The normalized spacial score (nSPS) is 10.9. The lowest BCUT2D eigenvalue weighted by atomic mass is 10.2. The van der Waals surface area contributed by atoms with E-state index in [0.29, 0.717) is 11.4 Å². The van der Waals surface area contributed by atoms with Crippen molar-refractivity contribution in [1.29, 1.82) is 0 Å². The average Bonchev–Trinajstić information content (AvgIpc) is 2.74. The van der Waals surface area contributed by atoms with Gasteiger partial charge >= 0.3 is 0 Å². The van der Waals surface area contributed by atoms with Gasteiger partial charge in [-0.25, -0.2) is 12.8 Å². The first-order valence-corrected chi connectivity index (χ1v) is 10.2. The van der Waals surface area contributed by atoms with Crippen LogP contribution in [0.1, 0.15) is 10.4 Å². The van der Waals surface area contributed by atoms with Crippen molar-refractivity contribution < 1.29 is 27.1 Å². The van der Waals surface area contributed by atoms with E-state index < -0.39 is 21.7 Å². The van der Waals surface area contributed by atoms with E-state index in [1.165, 1.54) is 50.6 Å². The lowest BCUT2D eigenvalue weighted by molar-refractivity contribution is 0.102. The number of rotatable bonds is 7. The van der Waals surface area contributed by atoms with Crippen molar-refractivity contribution in [1.82, 2.24) is 0 Å². The summed E-state index contributed by atoms with van der Waals surface area (Å²) in [5.74, 6) is -0.619. The molecular weight excluding hydrogens is 411 g/mol. The predicted octanol–water partition coefficient (Wildman–Crippen LogP) is 3.90. The molecule has 0 saturated carbocycles. The second-order valence-corrected chi connectivity index (χ2v) is 7.81. The standard InChI is InChI=1S/C21H19FN2O5S/c1-28-15-9-7-14(8-10-15)24-30(26,27)16-11-12-20(29-2)19(13-16)23-21(25)17-5-3-4-6-18(17)22/h3-13,24H,1-2H3,(H,23,25). The van der Waals surface area contributed by atoms with Crippen LogP contribution in [-0.4, -0.2) is 28.5 Å². The van der Waals surface area contributed by atoms with Gasteiger partial charge in [0.2, 0.25) is 0 Å². The molecule has 3 rings (SSSR count). The lowest BCUT2D eigenvalue weighted by Crippen LogP contribution is -2.16. The molecule has 0 aliphatic rings. The smallest absolute Gasteiger partial charge is 0.261 e. The molecule has 0 bridgehead atoms. The quantitative estimate of drug-likeness (QED) is 0.593. The molecule has 0 aliphatic carbocycles. The number of halogens is 1. The lowest BCUT2D eigenvalue weighted by Gasteiger charge is -2.14. The zero-order chi connectivity index (χ0) is 21.7. The monoisotopic (exact) mass is 430 g/mol. The van der Waals surface area contributed by atoms with Gasteiger partial charge in [-0.1, -0.05) is 12.1 Å². The van der Waals surface area contributed by atoms with Crippen LogP contribution < -0.4 is 19.5 Å². The van der Waals surface area contributed by atoms with E-state index in [1.807, 2.05) is 0 Å². The van der Waals surface area contributed by atoms with Gasteiger partial charge in [0, 0.05) is 5.69 Å². The summed E-state index contributed by atoms with van der Waals surface area (Å²) in [7, 11) is -1.08. The molecule has 0 saturated heterocycles. The minimum Gasteiger partial charge on any atom is -0.497 e. The Kier molecular flexibility index (Phi) is 6.22. The van der Waals surface area contributed by atoms with E-state index in [4.69, 9.17) is 9.47 Å². The topological polar surface area (TPSA) is 93.7 Å². The van der Waals surface area contributed by atoms with Crippen molar-refractivity contribution >= 4 is 27.3 Å². The second-order valence-electron chi connectivity index (χ2n) is 6.13. The van der Waals surface area contributed by atoms with E-state index in [-0.39, 0.29) is 21.9 Å². The minimum absolute atomic E-state index is 0.0864. The van der Waals surface area contributed by atoms with E-state index in [0.717, 1.165) is 6.07 Å². The predicted molar refractivity (Wildman–Crippen MR) is 111 cm³/mol. The summed E-state index contributed by atoms with van der Waals surface area (Å²) in [4.78, 5) is 12.3. The zero-order valence-corrected chi connectivity index (χ0v) is 17.0. The molecule has 0 atom stereocenters. The summed E-state index contributed by atoms with van der Waals surface area (Å²) in [6.07, 6.45) is 0. The number of methoxy groups -OCH3 is 2. The minimum atomic E-state index is -3.96. The van der Waals surface area contributed by atoms with Crippen LogP contribution in [0.5, 0.6) is 11.5 Å². The third-order valence-corrected chi connectivity index (χ3v) is 5.57. The molecular formula is C21H19FN2O5S. The van der Waals surface area contributed by atoms with Crippen molar-refractivity contribution in [2.45, 2.75) is 4.90 Å². The van der Waals surface area contributed by atoms with Gasteiger partial charge in [0.15, 0.2) is 0 Å². The van der Waals surface area contributed by atoms with Gasteiger partial charge < -0.3 is 14.8 Å². The van der Waals surface area contributed by atoms with E-state index in [1.54, 1.807) is 24.3 Å². The van der Waals surface area contributed by atoms with Crippen molar-refractivity contribution in [3.63, 3.8) is 0 Å². The molecule has 156 valence electrons. The Balaban J connectivity index is 1.89. The van der Waals surface area contributed by atoms with E-state index in [9.17, 15) is 17.6 Å². The molecule has 7 nitrogen and oxygen atoms in total. The number of sulfonamides is 1. The number of benzene rings is 3. The highest BCUT2D eigenvalue weighted by atomic mass is 32.2. The average molecular weight is 430 g/mol.